The van der Waals surface area contributed by atoms with E-state index < -0.39 is 20.0 Å². The lowest BCUT2D eigenvalue weighted by Gasteiger charge is -2.11. The van der Waals surface area contributed by atoms with Crippen molar-refractivity contribution in [1.82, 2.24) is 9.71 Å². The van der Waals surface area contributed by atoms with Crippen LogP contribution in [-0.2, 0) is 29.5 Å². The summed E-state index contributed by atoms with van der Waals surface area (Å²) in [5, 5.41) is 1.24. The molecule has 3 N–H and O–H groups in total. The van der Waals surface area contributed by atoms with E-state index in [9.17, 15) is 16.8 Å². The van der Waals surface area contributed by atoms with Crippen molar-refractivity contribution >= 4 is 59.8 Å². The first kappa shape index (κ1) is 26.7. The number of anilines is 1. The highest BCUT2D eigenvalue weighted by molar-refractivity contribution is 7.92. The molecule has 0 unspecified atom stereocenters. The van der Waals surface area contributed by atoms with Crippen molar-refractivity contribution in [3.8, 4) is 0 Å². The minimum atomic E-state index is -4.00. The minimum absolute atomic E-state index is 0.0344. The van der Waals surface area contributed by atoms with Crippen LogP contribution in [0.2, 0.25) is 10.0 Å². The van der Waals surface area contributed by atoms with Gasteiger partial charge in [-0.1, -0.05) is 23.2 Å². The number of sulfonamides is 2. The van der Waals surface area contributed by atoms with E-state index in [0.717, 1.165) is 0 Å². The van der Waals surface area contributed by atoms with Gasteiger partial charge in [0.25, 0.3) is 10.0 Å². The van der Waals surface area contributed by atoms with E-state index in [0.29, 0.717) is 53.6 Å². The normalized spacial score (nSPS) is 12.3. The maximum atomic E-state index is 12.9. The molecule has 9 nitrogen and oxygen atoms in total. The largest absolute Gasteiger partial charge is 0.382 e. The Morgan fingerprint density at radius 2 is 1.53 bits per heavy atom. The van der Waals surface area contributed by atoms with Gasteiger partial charge in [-0.25, -0.2) is 21.6 Å². The fraction of sp³-hybridized carbons (Fsp3) is 0.333. The van der Waals surface area contributed by atoms with Crippen LogP contribution in [0.1, 0.15) is 12.8 Å². The molecule has 34 heavy (non-hydrogen) atoms. The van der Waals surface area contributed by atoms with Gasteiger partial charge in [-0.15, -0.1) is 0 Å². The van der Waals surface area contributed by atoms with Crippen molar-refractivity contribution < 1.29 is 26.3 Å². The first-order valence-electron chi connectivity index (χ1n) is 10.3. The van der Waals surface area contributed by atoms with Gasteiger partial charge in [-0.2, -0.15) is 0 Å². The molecule has 186 valence electrons. The highest BCUT2D eigenvalue weighted by Crippen LogP contribution is 2.35. The fourth-order valence-electron chi connectivity index (χ4n) is 3.12. The lowest BCUT2D eigenvalue weighted by molar-refractivity contribution is 0.0689. The van der Waals surface area contributed by atoms with Crippen LogP contribution in [0.3, 0.4) is 0 Å². The van der Waals surface area contributed by atoms with Crippen molar-refractivity contribution in [3.05, 3.63) is 52.6 Å². The lowest BCUT2D eigenvalue weighted by Crippen LogP contribution is -2.25. The molecule has 0 radical (unpaired) electrons. The summed E-state index contributed by atoms with van der Waals surface area (Å²) in [7, 11) is -6.18. The van der Waals surface area contributed by atoms with Crippen LogP contribution in [-0.4, -0.2) is 55.3 Å². The van der Waals surface area contributed by atoms with Gasteiger partial charge in [0.2, 0.25) is 10.0 Å². The summed E-state index contributed by atoms with van der Waals surface area (Å²) in [4.78, 5) is 2.77. The first-order valence-corrected chi connectivity index (χ1v) is 14.0. The standard InChI is InChI=1S/C21H25Cl2N3O6S2/c1-31-12-13-32-11-3-2-10-25-33(27,28)15-4-6-16(7-5-15)34(29,30)26-19-9-8-17(22)20-18(23)14-24-21(19)20/h4-9,14,24-26H,2-3,10-13H2,1H3. The van der Waals surface area contributed by atoms with E-state index in [2.05, 4.69) is 14.4 Å². The number of ether oxygens (including phenoxy) is 2. The highest BCUT2D eigenvalue weighted by atomic mass is 35.5. The molecule has 0 bridgehead atoms. The summed E-state index contributed by atoms with van der Waals surface area (Å²) in [5.41, 5.74) is 0.699. The van der Waals surface area contributed by atoms with E-state index in [1.807, 2.05) is 0 Å². The van der Waals surface area contributed by atoms with Crippen LogP contribution >= 0.6 is 23.2 Å². The number of nitrogens with one attached hydrogen (secondary N) is 3. The molecular weight excluding hydrogens is 525 g/mol. The van der Waals surface area contributed by atoms with Gasteiger partial charge in [0.05, 0.1) is 44.3 Å². The molecule has 0 spiro atoms. The molecule has 0 fully saturated rings. The Balaban J connectivity index is 1.62. The van der Waals surface area contributed by atoms with Crippen LogP contribution in [0.15, 0.2) is 52.4 Å². The van der Waals surface area contributed by atoms with Gasteiger partial charge in [0.15, 0.2) is 0 Å². The zero-order valence-electron chi connectivity index (χ0n) is 18.3. The van der Waals surface area contributed by atoms with Gasteiger partial charge in [0.1, 0.15) is 0 Å². The Bertz CT molecular complexity index is 1330. The topological polar surface area (TPSA) is 127 Å². The lowest BCUT2D eigenvalue weighted by atomic mass is 10.2. The van der Waals surface area contributed by atoms with E-state index >= 15 is 0 Å². The molecule has 0 aliphatic heterocycles. The van der Waals surface area contributed by atoms with Crippen molar-refractivity contribution in [2.24, 2.45) is 0 Å². The summed E-state index contributed by atoms with van der Waals surface area (Å²) >= 11 is 12.3. The molecule has 3 rings (SSSR count). The van der Waals surface area contributed by atoms with Crippen LogP contribution in [0.4, 0.5) is 5.69 Å². The van der Waals surface area contributed by atoms with Crippen molar-refractivity contribution in [3.63, 3.8) is 0 Å². The van der Waals surface area contributed by atoms with E-state index in [1.54, 1.807) is 7.11 Å². The van der Waals surface area contributed by atoms with Gasteiger partial charge < -0.3 is 14.5 Å². The maximum absolute atomic E-state index is 12.9. The Morgan fingerprint density at radius 3 is 2.21 bits per heavy atom. The number of halogens is 2. The average Bonchev–Trinajstić information content (AvgIpc) is 3.20. The summed E-state index contributed by atoms with van der Waals surface area (Å²) in [5.74, 6) is 0. The summed E-state index contributed by atoms with van der Waals surface area (Å²) in [6, 6.07) is 8.00. The quantitative estimate of drug-likeness (QED) is 0.276. The molecule has 0 amide bonds. The highest BCUT2D eigenvalue weighted by Gasteiger charge is 2.20. The smallest absolute Gasteiger partial charge is 0.261 e. The molecule has 0 saturated heterocycles. The monoisotopic (exact) mass is 549 g/mol. The number of hydrogen-bond acceptors (Lipinski definition) is 6. The number of methoxy groups -OCH3 is 1. The predicted molar refractivity (Wildman–Crippen MR) is 133 cm³/mol. The zero-order valence-corrected chi connectivity index (χ0v) is 21.5. The van der Waals surface area contributed by atoms with E-state index in [-0.39, 0.29) is 22.0 Å². The SMILES string of the molecule is COCCOCCCCNS(=O)(=O)c1ccc(S(=O)(=O)Nc2ccc(Cl)c3c(Cl)c[nH]c23)cc1. The van der Waals surface area contributed by atoms with E-state index in [4.69, 9.17) is 32.7 Å². The third-order valence-electron chi connectivity index (χ3n) is 4.86. The number of benzene rings is 2. The Hall–Kier alpha value is -1.86. The Kier molecular flexibility index (Phi) is 9.21. The fourth-order valence-corrected chi connectivity index (χ4v) is 5.82. The first-order chi connectivity index (χ1) is 16.2. The Labute approximate surface area is 208 Å². The van der Waals surface area contributed by atoms with Crippen LogP contribution in [0, 0.1) is 0 Å². The van der Waals surface area contributed by atoms with Crippen LogP contribution in [0.25, 0.3) is 10.9 Å². The van der Waals surface area contributed by atoms with Crippen LogP contribution in [0.5, 0.6) is 0 Å². The third kappa shape index (κ3) is 6.63. The molecule has 0 saturated carbocycles. The second kappa shape index (κ2) is 11.7. The second-order valence-corrected chi connectivity index (χ2v) is 11.5. The molecular formula is C21H25Cl2N3O6S2. The van der Waals surface area contributed by atoms with Crippen LogP contribution < -0.4 is 9.44 Å². The average molecular weight is 550 g/mol. The van der Waals surface area contributed by atoms with Gasteiger partial charge in [-0.05, 0) is 49.2 Å². The van der Waals surface area contributed by atoms with Gasteiger partial charge in [-0.3, -0.25) is 4.72 Å². The van der Waals surface area contributed by atoms with Gasteiger partial charge in [0, 0.05) is 31.8 Å². The van der Waals surface area contributed by atoms with Crippen molar-refractivity contribution in [2.75, 3.05) is 38.2 Å². The predicted octanol–water partition coefficient (Wildman–Crippen LogP) is 4.00. The summed E-state index contributed by atoms with van der Waals surface area (Å²) in [6.07, 6.45) is 2.80. The molecule has 1 aromatic heterocycles. The maximum Gasteiger partial charge on any atom is 0.261 e. The number of aromatic nitrogens is 1. The molecule has 1 heterocycles. The minimum Gasteiger partial charge on any atom is -0.382 e. The van der Waals surface area contributed by atoms with Crippen molar-refractivity contribution in [2.45, 2.75) is 22.6 Å². The molecule has 0 aliphatic carbocycles. The number of aromatic amines is 1. The third-order valence-corrected chi connectivity index (χ3v) is 8.34. The van der Waals surface area contributed by atoms with E-state index in [1.165, 1.54) is 42.6 Å². The van der Waals surface area contributed by atoms with Crippen molar-refractivity contribution in [1.29, 1.82) is 0 Å². The number of rotatable bonds is 13. The molecule has 3 aromatic rings. The Morgan fingerprint density at radius 1 is 0.853 bits per heavy atom. The number of H-pyrrole nitrogens is 1. The number of fused-ring (bicyclic) bond motifs is 1. The molecule has 2 aromatic carbocycles. The van der Waals surface area contributed by atoms with Gasteiger partial charge >= 0.3 is 0 Å². The number of unbranched alkanes of at least 4 members (excludes halogenated alkanes) is 1. The second-order valence-electron chi connectivity index (χ2n) is 7.27. The number of hydrogen-bond donors (Lipinski definition) is 3. The molecule has 0 atom stereocenters. The summed E-state index contributed by atoms with van der Waals surface area (Å²) in [6.45, 7) is 1.76. The summed E-state index contributed by atoms with van der Waals surface area (Å²) < 4.78 is 65.9. The molecule has 0 aliphatic rings. The zero-order chi connectivity index (χ0) is 24.8. The molecule has 13 heteroatoms.